The number of carbonyl (C=O) groups excluding carboxylic acids is 1. The van der Waals surface area contributed by atoms with Crippen LogP contribution in [0, 0.1) is 12.8 Å². The average Bonchev–Trinajstić information content (AvgIpc) is 2.99. The largest absolute Gasteiger partial charge is 0.356 e. The van der Waals surface area contributed by atoms with Crippen molar-refractivity contribution in [3.8, 4) is 5.82 Å². The fourth-order valence-electron chi connectivity index (χ4n) is 4.38. The molecule has 2 fully saturated rings. The normalized spacial score (nSPS) is 19.4. The Morgan fingerprint density at radius 3 is 2.39 bits per heavy atom. The number of anilines is 1. The zero-order valence-electron chi connectivity index (χ0n) is 16.7. The molecule has 0 aromatic carbocycles. The van der Waals surface area contributed by atoms with Crippen molar-refractivity contribution in [1.29, 1.82) is 0 Å². The zero-order valence-corrected chi connectivity index (χ0v) is 16.7. The third-order valence-electron chi connectivity index (χ3n) is 6.10. The van der Waals surface area contributed by atoms with Gasteiger partial charge in [-0.3, -0.25) is 9.36 Å². The van der Waals surface area contributed by atoms with Crippen LogP contribution in [-0.2, 0) is 4.79 Å². The molecule has 3 heterocycles. The van der Waals surface area contributed by atoms with Gasteiger partial charge in [0.05, 0.1) is 0 Å². The second kappa shape index (κ2) is 8.71. The van der Waals surface area contributed by atoms with Crippen molar-refractivity contribution in [1.82, 2.24) is 24.8 Å². The highest BCUT2D eigenvalue weighted by molar-refractivity contribution is 5.79. The Labute approximate surface area is 166 Å². The van der Waals surface area contributed by atoms with E-state index in [9.17, 15) is 4.79 Å². The van der Waals surface area contributed by atoms with E-state index in [1.165, 1.54) is 25.7 Å². The highest BCUT2D eigenvalue weighted by atomic mass is 16.1. The molecule has 0 radical (unpaired) electrons. The van der Waals surface area contributed by atoms with E-state index in [1.54, 1.807) is 12.5 Å². The van der Waals surface area contributed by atoms with Crippen molar-refractivity contribution in [2.24, 2.45) is 5.92 Å². The summed E-state index contributed by atoms with van der Waals surface area (Å²) in [7, 11) is 0. The molecule has 28 heavy (non-hydrogen) atoms. The molecule has 0 atom stereocenters. The van der Waals surface area contributed by atoms with Gasteiger partial charge in [-0.2, -0.15) is 0 Å². The summed E-state index contributed by atoms with van der Waals surface area (Å²) in [6, 6.07) is 2.39. The number of aryl methyl sites for hydroxylation is 1. The minimum Gasteiger partial charge on any atom is -0.356 e. The van der Waals surface area contributed by atoms with Gasteiger partial charge in [0.1, 0.15) is 23.8 Å². The molecule has 2 aromatic heterocycles. The van der Waals surface area contributed by atoms with E-state index in [4.69, 9.17) is 0 Å². The summed E-state index contributed by atoms with van der Waals surface area (Å²) in [5.74, 6) is 3.02. The van der Waals surface area contributed by atoms with Gasteiger partial charge >= 0.3 is 0 Å². The van der Waals surface area contributed by atoms with Crippen molar-refractivity contribution in [2.45, 2.75) is 64.3 Å². The Kier molecular flexibility index (Phi) is 5.88. The first kappa shape index (κ1) is 18.9. The topological polar surface area (TPSA) is 75.9 Å². The minimum absolute atomic E-state index is 0.122. The van der Waals surface area contributed by atoms with E-state index in [1.807, 2.05) is 23.8 Å². The highest BCUT2D eigenvalue weighted by Gasteiger charge is 2.27. The third-order valence-corrected chi connectivity index (χ3v) is 6.10. The number of amides is 1. The lowest BCUT2D eigenvalue weighted by Gasteiger charge is -2.33. The van der Waals surface area contributed by atoms with Gasteiger partial charge in [0.2, 0.25) is 5.91 Å². The first-order valence-corrected chi connectivity index (χ1v) is 10.6. The Morgan fingerprint density at radius 1 is 1.00 bits per heavy atom. The number of hydrogen-bond acceptors (Lipinski definition) is 5. The van der Waals surface area contributed by atoms with E-state index in [0.29, 0.717) is 6.04 Å². The number of nitrogens with one attached hydrogen (secondary N) is 1. The molecule has 4 rings (SSSR count). The van der Waals surface area contributed by atoms with E-state index >= 15 is 0 Å². The number of piperidine rings is 1. The van der Waals surface area contributed by atoms with Crippen LogP contribution in [0.5, 0.6) is 0 Å². The number of carbonyl (C=O) groups is 1. The van der Waals surface area contributed by atoms with Crippen molar-refractivity contribution in [3.63, 3.8) is 0 Å². The Bertz CT molecular complexity index is 788. The molecule has 1 saturated heterocycles. The number of hydrogen-bond donors (Lipinski definition) is 1. The summed E-state index contributed by atoms with van der Waals surface area (Å²) < 4.78 is 1.96. The number of imidazole rings is 1. The van der Waals surface area contributed by atoms with Gasteiger partial charge in [0.25, 0.3) is 0 Å². The van der Waals surface area contributed by atoms with Crippen LogP contribution in [-0.4, -0.2) is 44.6 Å². The van der Waals surface area contributed by atoms with Crippen LogP contribution in [0.25, 0.3) is 5.82 Å². The standard InChI is InChI=1S/C21H30N6O/c1-16-22-10-13-27(16)20-14-19(23-15-24-20)26-11-8-17(9-12-26)21(28)25-18-6-4-2-3-5-7-18/h10,13-15,17-18H,2-9,11-12H2,1H3,(H,25,28). The SMILES string of the molecule is Cc1nccn1-c1cc(N2CCC(C(=O)NC3CCCCCC3)CC2)ncn1. The maximum Gasteiger partial charge on any atom is 0.223 e. The van der Waals surface area contributed by atoms with E-state index < -0.39 is 0 Å². The van der Waals surface area contributed by atoms with Crippen LogP contribution in [0.1, 0.15) is 57.2 Å². The Morgan fingerprint density at radius 2 is 1.71 bits per heavy atom. The van der Waals surface area contributed by atoms with Gasteiger partial charge in [-0.05, 0) is 32.6 Å². The predicted octanol–water partition coefficient (Wildman–Crippen LogP) is 3.03. The van der Waals surface area contributed by atoms with Crippen LogP contribution in [0.4, 0.5) is 5.82 Å². The first-order chi connectivity index (χ1) is 13.7. The van der Waals surface area contributed by atoms with Gasteiger partial charge in [0, 0.05) is 43.5 Å². The molecule has 0 spiro atoms. The second-order valence-corrected chi connectivity index (χ2v) is 8.04. The molecule has 7 heteroatoms. The maximum atomic E-state index is 12.7. The van der Waals surface area contributed by atoms with E-state index in [2.05, 4.69) is 25.2 Å². The lowest BCUT2D eigenvalue weighted by molar-refractivity contribution is -0.126. The lowest BCUT2D eigenvalue weighted by Crippen LogP contribution is -2.44. The number of nitrogens with zero attached hydrogens (tertiary/aromatic N) is 5. The lowest BCUT2D eigenvalue weighted by atomic mass is 9.95. The molecule has 2 aliphatic rings. The Hall–Kier alpha value is -2.44. The van der Waals surface area contributed by atoms with Crippen LogP contribution < -0.4 is 10.2 Å². The molecule has 1 aliphatic carbocycles. The molecule has 1 saturated carbocycles. The predicted molar refractivity (Wildman–Crippen MR) is 108 cm³/mol. The molecule has 1 aliphatic heterocycles. The quantitative estimate of drug-likeness (QED) is 0.823. The minimum atomic E-state index is 0.122. The van der Waals surface area contributed by atoms with E-state index in [-0.39, 0.29) is 11.8 Å². The highest BCUT2D eigenvalue weighted by Crippen LogP contribution is 2.24. The van der Waals surface area contributed by atoms with Crippen molar-refractivity contribution < 1.29 is 4.79 Å². The third kappa shape index (κ3) is 4.34. The number of aromatic nitrogens is 4. The summed E-state index contributed by atoms with van der Waals surface area (Å²) >= 11 is 0. The molecule has 2 aromatic rings. The van der Waals surface area contributed by atoms with E-state index in [0.717, 1.165) is 56.2 Å². The van der Waals surface area contributed by atoms with Crippen LogP contribution in [0.3, 0.4) is 0 Å². The van der Waals surface area contributed by atoms with Crippen LogP contribution >= 0.6 is 0 Å². The van der Waals surface area contributed by atoms with Crippen molar-refractivity contribution in [3.05, 3.63) is 30.6 Å². The molecule has 150 valence electrons. The molecule has 0 bridgehead atoms. The Balaban J connectivity index is 1.34. The number of rotatable bonds is 4. The molecular formula is C21H30N6O. The van der Waals surface area contributed by atoms with Gasteiger partial charge in [-0.25, -0.2) is 15.0 Å². The van der Waals surface area contributed by atoms with Crippen LogP contribution in [0.2, 0.25) is 0 Å². The van der Waals surface area contributed by atoms with Gasteiger partial charge in [-0.15, -0.1) is 0 Å². The molecular weight excluding hydrogens is 352 g/mol. The molecule has 0 unspecified atom stereocenters. The summed E-state index contributed by atoms with van der Waals surface area (Å²) in [5.41, 5.74) is 0. The summed E-state index contributed by atoms with van der Waals surface area (Å²) in [6.45, 7) is 3.66. The second-order valence-electron chi connectivity index (χ2n) is 8.04. The maximum absolute atomic E-state index is 12.7. The first-order valence-electron chi connectivity index (χ1n) is 10.6. The molecule has 7 nitrogen and oxygen atoms in total. The summed E-state index contributed by atoms with van der Waals surface area (Å²) in [5, 5.41) is 3.32. The van der Waals surface area contributed by atoms with Gasteiger partial charge < -0.3 is 10.2 Å². The van der Waals surface area contributed by atoms with Crippen molar-refractivity contribution >= 4 is 11.7 Å². The van der Waals surface area contributed by atoms with Gasteiger partial charge in [0.15, 0.2) is 0 Å². The van der Waals surface area contributed by atoms with Crippen molar-refractivity contribution in [2.75, 3.05) is 18.0 Å². The van der Waals surface area contributed by atoms with Crippen LogP contribution in [0.15, 0.2) is 24.8 Å². The summed E-state index contributed by atoms with van der Waals surface area (Å²) in [4.78, 5) is 28.1. The fraction of sp³-hybridized carbons (Fsp3) is 0.619. The molecule has 1 amide bonds. The zero-order chi connectivity index (χ0) is 19.3. The average molecular weight is 383 g/mol. The fourth-order valence-corrected chi connectivity index (χ4v) is 4.38. The molecule has 1 N–H and O–H groups in total. The smallest absolute Gasteiger partial charge is 0.223 e. The monoisotopic (exact) mass is 382 g/mol. The summed E-state index contributed by atoms with van der Waals surface area (Å²) in [6.07, 6.45) is 14.4. The van der Waals surface area contributed by atoms with Gasteiger partial charge in [-0.1, -0.05) is 25.7 Å².